The summed E-state index contributed by atoms with van der Waals surface area (Å²) in [4.78, 5) is 13.8. The van der Waals surface area contributed by atoms with Gasteiger partial charge in [-0.2, -0.15) is 0 Å². The van der Waals surface area contributed by atoms with Gasteiger partial charge in [0.2, 0.25) is 0 Å². The standard InChI is InChI=1S/C14H19NO/c1-3-4-5-11-6-7-12-8-9-15(2)14(16)13(12)10-11/h6-7,10H,3-5,8-9H2,1-2H3. The third-order valence-electron chi connectivity index (χ3n) is 3.29. The average Bonchev–Trinajstić information content (AvgIpc) is 2.31. The molecule has 0 saturated carbocycles. The van der Waals surface area contributed by atoms with Crippen molar-refractivity contribution in [2.45, 2.75) is 32.6 Å². The first-order valence-electron chi connectivity index (χ1n) is 6.09. The maximum absolute atomic E-state index is 12.0. The Bertz CT molecular complexity index is 398. The van der Waals surface area contributed by atoms with Crippen molar-refractivity contribution in [2.24, 2.45) is 0 Å². The Morgan fingerprint density at radius 2 is 2.19 bits per heavy atom. The molecule has 0 radical (unpaired) electrons. The highest BCUT2D eigenvalue weighted by Crippen LogP contribution is 2.20. The first-order chi connectivity index (χ1) is 7.72. The largest absolute Gasteiger partial charge is 0.341 e. The first-order valence-corrected chi connectivity index (χ1v) is 6.09. The molecule has 1 heterocycles. The zero-order valence-electron chi connectivity index (χ0n) is 10.1. The molecule has 1 aliphatic heterocycles. The minimum Gasteiger partial charge on any atom is -0.341 e. The van der Waals surface area contributed by atoms with Crippen LogP contribution in [0.25, 0.3) is 0 Å². The maximum Gasteiger partial charge on any atom is 0.253 e. The number of unbranched alkanes of at least 4 members (excludes halogenated alkanes) is 1. The number of benzene rings is 1. The lowest BCUT2D eigenvalue weighted by molar-refractivity contribution is 0.0781. The predicted octanol–water partition coefficient (Wildman–Crippen LogP) is 2.66. The molecule has 1 aromatic carbocycles. The number of likely N-dealkylation sites (N-methyl/N-ethyl adjacent to an activating group) is 1. The minimum atomic E-state index is 0.180. The van der Waals surface area contributed by atoms with Crippen molar-refractivity contribution < 1.29 is 4.79 Å². The van der Waals surface area contributed by atoms with Crippen LogP contribution >= 0.6 is 0 Å². The van der Waals surface area contributed by atoms with E-state index in [9.17, 15) is 4.79 Å². The third-order valence-corrected chi connectivity index (χ3v) is 3.29. The molecule has 0 aromatic heterocycles. The normalized spacial score (nSPS) is 15.1. The summed E-state index contributed by atoms with van der Waals surface area (Å²) in [6, 6.07) is 6.39. The van der Waals surface area contributed by atoms with E-state index in [1.54, 1.807) is 0 Å². The highest BCUT2D eigenvalue weighted by atomic mass is 16.2. The molecule has 0 atom stereocenters. The summed E-state index contributed by atoms with van der Waals surface area (Å²) in [6.45, 7) is 3.04. The van der Waals surface area contributed by atoms with E-state index in [0.29, 0.717) is 0 Å². The molecule has 2 rings (SSSR count). The first kappa shape index (κ1) is 11.2. The van der Waals surface area contributed by atoms with Crippen LogP contribution in [-0.4, -0.2) is 24.4 Å². The molecular formula is C14H19NO. The molecule has 0 spiro atoms. The predicted molar refractivity (Wildman–Crippen MR) is 65.7 cm³/mol. The molecule has 16 heavy (non-hydrogen) atoms. The average molecular weight is 217 g/mol. The molecule has 1 aliphatic rings. The van der Waals surface area contributed by atoms with E-state index < -0.39 is 0 Å². The van der Waals surface area contributed by atoms with Crippen LogP contribution < -0.4 is 0 Å². The van der Waals surface area contributed by atoms with Gasteiger partial charge in [-0.1, -0.05) is 25.5 Å². The van der Waals surface area contributed by atoms with E-state index in [4.69, 9.17) is 0 Å². The summed E-state index contributed by atoms with van der Waals surface area (Å²) in [5.41, 5.74) is 3.43. The molecule has 0 fully saturated rings. The molecule has 0 aliphatic carbocycles. The fourth-order valence-electron chi connectivity index (χ4n) is 2.17. The summed E-state index contributed by atoms with van der Waals surface area (Å²) in [5.74, 6) is 0.180. The quantitative estimate of drug-likeness (QED) is 0.762. The summed E-state index contributed by atoms with van der Waals surface area (Å²) in [5, 5.41) is 0. The van der Waals surface area contributed by atoms with Crippen molar-refractivity contribution in [1.29, 1.82) is 0 Å². The van der Waals surface area contributed by atoms with Gasteiger partial charge in [-0.05, 0) is 36.5 Å². The van der Waals surface area contributed by atoms with Crippen LogP contribution in [0.15, 0.2) is 18.2 Å². The topological polar surface area (TPSA) is 20.3 Å². The Labute approximate surface area is 97.3 Å². The van der Waals surface area contributed by atoms with Crippen LogP contribution in [0.5, 0.6) is 0 Å². The molecule has 0 unspecified atom stereocenters. The zero-order valence-corrected chi connectivity index (χ0v) is 10.1. The number of rotatable bonds is 3. The van der Waals surface area contributed by atoms with Crippen LogP contribution in [0.2, 0.25) is 0 Å². The second-order valence-electron chi connectivity index (χ2n) is 4.57. The number of nitrogens with zero attached hydrogens (tertiary/aromatic N) is 1. The van der Waals surface area contributed by atoms with E-state index in [1.807, 2.05) is 11.9 Å². The van der Waals surface area contributed by atoms with Gasteiger partial charge in [-0.15, -0.1) is 0 Å². The second kappa shape index (κ2) is 4.69. The van der Waals surface area contributed by atoms with Gasteiger partial charge in [0.1, 0.15) is 0 Å². The van der Waals surface area contributed by atoms with E-state index >= 15 is 0 Å². The number of carbonyl (C=O) groups excluding carboxylic acids is 1. The second-order valence-corrected chi connectivity index (χ2v) is 4.57. The Balaban J connectivity index is 2.26. The SMILES string of the molecule is CCCCc1ccc2c(c1)C(=O)N(C)CC2. The van der Waals surface area contributed by atoms with Crippen LogP contribution in [0, 0.1) is 0 Å². The van der Waals surface area contributed by atoms with E-state index in [2.05, 4.69) is 25.1 Å². The smallest absolute Gasteiger partial charge is 0.253 e. The zero-order chi connectivity index (χ0) is 11.5. The van der Waals surface area contributed by atoms with Crippen LogP contribution in [0.3, 0.4) is 0 Å². The van der Waals surface area contributed by atoms with Gasteiger partial charge in [-0.25, -0.2) is 0 Å². The molecule has 2 heteroatoms. The van der Waals surface area contributed by atoms with Crippen molar-refractivity contribution >= 4 is 5.91 Å². The van der Waals surface area contributed by atoms with Gasteiger partial charge in [0.15, 0.2) is 0 Å². The van der Waals surface area contributed by atoms with Gasteiger partial charge in [0.05, 0.1) is 0 Å². The fourth-order valence-corrected chi connectivity index (χ4v) is 2.17. The monoisotopic (exact) mass is 217 g/mol. The van der Waals surface area contributed by atoms with Gasteiger partial charge in [0.25, 0.3) is 5.91 Å². The summed E-state index contributed by atoms with van der Waals surface area (Å²) in [6.07, 6.45) is 4.47. The fraction of sp³-hybridized carbons (Fsp3) is 0.500. The Hall–Kier alpha value is -1.31. The lowest BCUT2D eigenvalue weighted by Gasteiger charge is -2.25. The van der Waals surface area contributed by atoms with Crippen molar-refractivity contribution in [2.75, 3.05) is 13.6 Å². The van der Waals surface area contributed by atoms with E-state index in [-0.39, 0.29) is 5.91 Å². The third kappa shape index (κ3) is 2.11. The van der Waals surface area contributed by atoms with E-state index in [0.717, 1.165) is 24.9 Å². The van der Waals surface area contributed by atoms with Gasteiger partial charge < -0.3 is 4.90 Å². The highest BCUT2D eigenvalue weighted by Gasteiger charge is 2.21. The summed E-state index contributed by atoms with van der Waals surface area (Å²) >= 11 is 0. The molecule has 0 N–H and O–H groups in total. The van der Waals surface area contributed by atoms with Crippen molar-refractivity contribution in [3.05, 3.63) is 34.9 Å². The summed E-state index contributed by atoms with van der Waals surface area (Å²) < 4.78 is 0. The van der Waals surface area contributed by atoms with Crippen LogP contribution in [-0.2, 0) is 12.8 Å². The van der Waals surface area contributed by atoms with Crippen LogP contribution in [0.4, 0.5) is 0 Å². The molecular weight excluding hydrogens is 198 g/mol. The molecule has 0 bridgehead atoms. The molecule has 2 nitrogen and oxygen atoms in total. The number of fused-ring (bicyclic) bond motifs is 1. The molecule has 1 aromatic rings. The van der Waals surface area contributed by atoms with Gasteiger partial charge >= 0.3 is 0 Å². The van der Waals surface area contributed by atoms with Gasteiger partial charge in [0, 0.05) is 19.2 Å². The number of hydrogen-bond donors (Lipinski definition) is 0. The highest BCUT2D eigenvalue weighted by molar-refractivity contribution is 5.96. The van der Waals surface area contributed by atoms with Gasteiger partial charge in [-0.3, -0.25) is 4.79 Å². The number of hydrogen-bond acceptors (Lipinski definition) is 1. The molecule has 0 saturated heterocycles. The molecule has 86 valence electrons. The minimum absolute atomic E-state index is 0.180. The number of amides is 1. The summed E-state index contributed by atoms with van der Waals surface area (Å²) in [7, 11) is 1.88. The number of aryl methyl sites for hydroxylation is 1. The lowest BCUT2D eigenvalue weighted by atomic mass is 9.95. The Morgan fingerprint density at radius 3 is 2.94 bits per heavy atom. The maximum atomic E-state index is 12.0. The van der Waals surface area contributed by atoms with Crippen LogP contribution in [0.1, 0.15) is 41.3 Å². The van der Waals surface area contributed by atoms with E-state index in [1.165, 1.54) is 24.0 Å². The molecule has 1 amide bonds. The van der Waals surface area contributed by atoms with Crippen molar-refractivity contribution in [1.82, 2.24) is 4.90 Å². The lowest BCUT2D eigenvalue weighted by Crippen LogP contribution is -2.34. The number of carbonyl (C=O) groups is 1. The Kier molecular flexibility index (Phi) is 3.28. The van der Waals surface area contributed by atoms with Crippen molar-refractivity contribution in [3.8, 4) is 0 Å². The van der Waals surface area contributed by atoms with Crippen molar-refractivity contribution in [3.63, 3.8) is 0 Å². The Morgan fingerprint density at radius 1 is 1.38 bits per heavy atom.